The van der Waals surface area contributed by atoms with Gasteiger partial charge in [0, 0.05) is 12.1 Å². The van der Waals surface area contributed by atoms with E-state index in [1.54, 1.807) is 13.0 Å². The molecule has 7 nitrogen and oxygen atoms in total. The summed E-state index contributed by atoms with van der Waals surface area (Å²) in [4.78, 5) is 23.6. The van der Waals surface area contributed by atoms with E-state index >= 15 is 0 Å². The van der Waals surface area contributed by atoms with Crippen LogP contribution in [0.15, 0.2) is 42.7 Å². The Morgan fingerprint density at radius 1 is 1.10 bits per heavy atom. The molecule has 7 heteroatoms. The minimum atomic E-state index is -0.643. The second-order valence-corrected chi connectivity index (χ2v) is 4.38. The molecule has 3 N–H and O–H groups in total. The first kappa shape index (κ1) is 14.3. The van der Waals surface area contributed by atoms with Crippen LogP contribution < -0.4 is 15.6 Å². The Hall–Kier alpha value is -3.09. The number of nitrogens with one attached hydrogen (secondary N) is 2. The fourth-order valence-corrected chi connectivity index (χ4v) is 1.65. The maximum atomic E-state index is 11.8. The summed E-state index contributed by atoms with van der Waals surface area (Å²) in [7, 11) is 0. The van der Waals surface area contributed by atoms with Crippen LogP contribution in [0, 0.1) is 12.1 Å². The van der Waals surface area contributed by atoms with Gasteiger partial charge < -0.3 is 10.3 Å². The summed E-state index contributed by atoms with van der Waals surface area (Å²) in [5, 5.41) is 20.5. The monoisotopic (exact) mass is 287 g/mol. The summed E-state index contributed by atoms with van der Waals surface area (Å²) in [6.07, 6.45) is 2.34. The van der Waals surface area contributed by atoms with Gasteiger partial charge in [-0.05, 0) is 24.6 Å². The van der Waals surface area contributed by atoms with Crippen molar-refractivity contribution in [3.63, 3.8) is 0 Å². The molecule has 0 radical (unpaired) electrons. The van der Waals surface area contributed by atoms with E-state index in [9.17, 15) is 19.9 Å². The fraction of sp³-hybridized carbons (Fsp3) is 0.0714. The average molecular weight is 287 g/mol. The summed E-state index contributed by atoms with van der Waals surface area (Å²) in [5.74, 6) is -1.39. The number of hydrazine groups is 1. The van der Waals surface area contributed by atoms with Gasteiger partial charge in [-0.2, -0.15) is 4.73 Å². The molecule has 1 aromatic carbocycles. The van der Waals surface area contributed by atoms with Crippen molar-refractivity contribution in [3.05, 3.63) is 64.6 Å². The number of hydrogen-bond donors (Lipinski definition) is 3. The summed E-state index contributed by atoms with van der Waals surface area (Å²) < 4.78 is 0.541. The number of phenols is 1. The van der Waals surface area contributed by atoms with Gasteiger partial charge in [0.25, 0.3) is 11.8 Å². The van der Waals surface area contributed by atoms with Crippen LogP contribution in [0.3, 0.4) is 0 Å². The van der Waals surface area contributed by atoms with Crippen LogP contribution in [-0.4, -0.2) is 16.9 Å². The molecule has 0 aliphatic carbocycles. The molecule has 0 atom stereocenters. The van der Waals surface area contributed by atoms with Crippen molar-refractivity contribution in [2.75, 3.05) is 0 Å². The Morgan fingerprint density at radius 3 is 2.33 bits per heavy atom. The van der Waals surface area contributed by atoms with Gasteiger partial charge in [-0.25, -0.2) is 0 Å². The summed E-state index contributed by atoms with van der Waals surface area (Å²) in [6, 6.07) is 7.20. The van der Waals surface area contributed by atoms with Gasteiger partial charge in [-0.3, -0.25) is 20.4 Å². The van der Waals surface area contributed by atoms with Crippen molar-refractivity contribution in [1.29, 1.82) is 0 Å². The third kappa shape index (κ3) is 3.47. The Kier molecular flexibility index (Phi) is 4.03. The highest BCUT2D eigenvalue weighted by atomic mass is 16.5. The molecule has 1 heterocycles. The zero-order valence-corrected chi connectivity index (χ0v) is 11.2. The first-order valence-electron chi connectivity index (χ1n) is 6.06. The molecule has 0 saturated heterocycles. The summed E-state index contributed by atoms with van der Waals surface area (Å²) >= 11 is 0. The van der Waals surface area contributed by atoms with Crippen LogP contribution >= 0.6 is 0 Å². The van der Waals surface area contributed by atoms with Crippen LogP contribution in [0.5, 0.6) is 5.75 Å². The number of carbonyl (C=O) groups excluding carboxylic acids is 2. The van der Waals surface area contributed by atoms with Gasteiger partial charge in [0.1, 0.15) is 5.75 Å². The second kappa shape index (κ2) is 5.91. The lowest BCUT2D eigenvalue weighted by Crippen LogP contribution is -2.42. The molecule has 0 bridgehead atoms. The SMILES string of the molecule is Cc1ccc(C(=O)NNC(=O)c2cc[n+]([O-])cc2)c(O)c1. The Morgan fingerprint density at radius 2 is 1.71 bits per heavy atom. The van der Waals surface area contributed by atoms with Crippen molar-refractivity contribution < 1.29 is 19.4 Å². The van der Waals surface area contributed by atoms with Gasteiger partial charge in [-0.15, -0.1) is 0 Å². The molecule has 2 rings (SSSR count). The maximum absolute atomic E-state index is 11.8. The number of benzene rings is 1. The van der Waals surface area contributed by atoms with Crippen molar-refractivity contribution >= 4 is 11.8 Å². The van der Waals surface area contributed by atoms with Crippen molar-refractivity contribution in [2.45, 2.75) is 6.92 Å². The largest absolute Gasteiger partial charge is 0.619 e. The van der Waals surface area contributed by atoms with E-state index < -0.39 is 11.8 Å². The molecule has 0 aliphatic rings. The van der Waals surface area contributed by atoms with Gasteiger partial charge >= 0.3 is 0 Å². The third-order valence-corrected chi connectivity index (χ3v) is 2.75. The van der Waals surface area contributed by atoms with Gasteiger partial charge in [0.15, 0.2) is 12.4 Å². The van der Waals surface area contributed by atoms with Crippen LogP contribution in [0.25, 0.3) is 0 Å². The Labute approximate surface area is 120 Å². The van der Waals surface area contributed by atoms with Crippen LogP contribution in [0.4, 0.5) is 0 Å². The molecule has 0 saturated carbocycles. The lowest BCUT2D eigenvalue weighted by molar-refractivity contribution is -0.605. The number of aromatic hydroxyl groups is 1. The summed E-state index contributed by atoms with van der Waals surface area (Å²) in [5.41, 5.74) is 5.46. The number of nitrogens with zero attached hydrogens (tertiary/aromatic N) is 1. The molecule has 2 amide bonds. The molecular formula is C14H13N3O4. The van der Waals surface area contributed by atoms with E-state index in [1.165, 1.54) is 36.7 Å². The normalized spacial score (nSPS) is 9.95. The number of amides is 2. The Balaban J connectivity index is 2.00. The quantitative estimate of drug-likeness (QED) is 0.422. The minimum Gasteiger partial charge on any atom is -0.619 e. The second-order valence-electron chi connectivity index (χ2n) is 4.38. The molecule has 21 heavy (non-hydrogen) atoms. The van der Waals surface area contributed by atoms with Crippen molar-refractivity contribution in [2.24, 2.45) is 0 Å². The predicted octanol–water partition coefficient (Wildman–Crippen LogP) is 0.409. The van der Waals surface area contributed by atoms with E-state index in [2.05, 4.69) is 10.9 Å². The molecule has 0 fully saturated rings. The van der Waals surface area contributed by atoms with E-state index in [4.69, 9.17) is 0 Å². The van der Waals surface area contributed by atoms with Gasteiger partial charge in [-0.1, -0.05) is 6.07 Å². The van der Waals surface area contributed by atoms with Crippen molar-refractivity contribution in [3.8, 4) is 5.75 Å². The lowest BCUT2D eigenvalue weighted by Gasteiger charge is -2.08. The topological polar surface area (TPSA) is 105 Å². The fourth-order valence-electron chi connectivity index (χ4n) is 1.65. The van der Waals surface area contributed by atoms with Gasteiger partial charge in [0.05, 0.1) is 11.1 Å². The van der Waals surface area contributed by atoms with E-state index in [0.29, 0.717) is 4.73 Å². The number of rotatable bonds is 2. The maximum Gasteiger partial charge on any atom is 0.273 e. The first-order chi connectivity index (χ1) is 9.97. The lowest BCUT2D eigenvalue weighted by atomic mass is 10.1. The van der Waals surface area contributed by atoms with E-state index in [-0.39, 0.29) is 16.9 Å². The molecular weight excluding hydrogens is 274 g/mol. The molecule has 2 aromatic rings. The number of pyridine rings is 1. The first-order valence-corrected chi connectivity index (χ1v) is 6.06. The number of aromatic nitrogens is 1. The minimum absolute atomic E-state index is 0.0476. The highest BCUT2D eigenvalue weighted by Crippen LogP contribution is 2.17. The zero-order chi connectivity index (χ0) is 15.4. The molecule has 108 valence electrons. The zero-order valence-electron chi connectivity index (χ0n) is 11.2. The van der Waals surface area contributed by atoms with Crippen LogP contribution in [0.2, 0.25) is 0 Å². The third-order valence-electron chi connectivity index (χ3n) is 2.75. The smallest absolute Gasteiger partial charge is 0.273 e. The van der Waals surface area contributed by atoms with Crippen LogP contribution in [0.1, 0.15) is 26.3 Å². The summed E-state index contributed by atoms with van der Waals surface area (Å²) in [6.45, 7) is 1.78. The highest BCUT2D eigenvalue weighted by molar-refractivity contribution is 6.00. The average Bonchev–Trinajstić information content (AvgIpc) is 2.45. The highest BCUT2D eigenvalue weighted by Gasteiger charge is 2.13. The number of hydrogen-bond acceptors (Lipinski definition) is 4. The van der Waals surface area contributed by atoms with Crippen LogP contribution in [-0.2, 0) is 0 Å². The standard InChI is InChI=1S/C14H13N3O4/c1-9-2-3-11(12(18)8-9)14(20)16-15-13(19)10-4-6-17(21)7-5-10/h2-8,18H,1H3,(H,15,19)(H,16,20). The Bertz CT molecular complexity index is 683. The van der Waals surface area contributed by atoms with E-state index in [1.807, 2.05) is 0 Å². The number of aryl methyl sites for hydroxylation is 1. The predicted molar refractivity (Wildman–Crippen MR) is 73.2 cm³/mol. The molecule has 1 aromatic heterocycles. The van der Waals surface area contributed by atoms with Gasteiger partial charge in [0.2, 0.25) is 0 Å². The van der Waals surface area contributed by atoms with E-state index in [0.717, 1.165) is 5.56 Å². The van der Waals surface area contributed by atoms with Crippen molar-refractivity contribution in [1.82, 2.24) is 10.9 Å². The molecule has 0 aliphatic heterocycles. The number of carbonyl (C=O) groups is 2. The number of phenolic OH excluding ortho intramolecular Hbond substituents is 1. The molecule has 0 spiro atoms. The molecule has 0 unspecified atom stereocenters.